The number of para-hydroxylation sites is 2. The van der Waals surface area contributed by atoms with Crippen LogP contribution < -0.4 is 63.8 Å². The number of carboxylic acids is 1. The van der Waals surface area contributed by atoms with Gasteiger partial charge in [0.2, 0.25) is 65.0 Å². The fourth-order valence-electron chi connectivity index (χ4n) is 11.2. The Bertz CT molecular complexity index is 3600. The van der Waals surface area contributed by atoms with Gasteiger partial charge in [0, 0.05) is 89.6 Å². The lowest BCUT2D eigenvalue weighted by molar-refractivity contribution is -0.138. The number of hydrogen-bond donors (Lipinski definition) is 17. The van der Waals surface area contributed by atoms with E-state index in [9.17, 15) is 67.7 Å². The molecule has 31 heteroatoms. The van der Waals surface area contributed by atoms with E-state index < -0.39 is 162 Å². The van der Waals surface area contributed by atoms with Gasteiger partial charge in [0.05, 0.1) is 25.0 Å². The second-order valence-corrected chi connectivity index (χ2v) is 28.1. The van der Waals surface area contributed by atoms with Gasteiger partial charge in [-0.3, -0.25) is 57.5 Å². The van der Waals surface area contributed by atoms with Gasteiger partial charge >= 0.3 is 5.97 Å². The molecule has 1 aliphatic heterocycles. The van der Waals surface area contributed by atoms with E-state index in [1.54, 1.807) is 59.1 Å². The largest absolute Gasteiger partial charge is 0.481 e. The molecule has 1 saturated heterocycles. The summed E-state index contributed by atoms with van der Waals surface area (Å²) in [5.41, 5.74) is 2.43. The highest BCUT2D eigenvalue weighted by atomic mass is 32.2. The third-order valence-corrected chi connectivity index (χ3v) is 17.3. The molecule has 0 aliphatic carbocycles. The molecule has 1 aliphatic rings. The highest BCUT2D eigenvalue weighted by Crippen LogP contribution is 2.22. The van der Waals surface area contributed by atoms with Crippen LogP contribution in [0, 0.1) is 11.8 Å². The molecule has 2 aromatic carbocycles. The summed E-state index contributed by atoms with van der Waals surface area (Å²) in [5.74, 6) is -10.5. The molecule has 17 N–H and O–H groups in total. The molecule has 11 amide bonds. The summed E-state index contributed by atoms with van der Waals surface area (Å²) in [7, 11) is 0. The Hall–Kier alpha value is -9.36. The molecule has 6 rings (SSSR count). The van der Waals surface area contributed by atoms with Gasteiger partial charge < -0.3 is 89.0 Å². The number of nitrogens with zero attached hydrogens (tertiary/aromatic N) is 1. The predicted octanol–water partition coefficient (Wildman–Crippen LogP) is 0.657. The Kier molecular flexibility index (Phi) is 29.8. The fraction of sp³-hybridized carbons (Fsp3) is 0.544. The topological polar surface area (TPSA) is 450 Å². The van der Waals surface area contributed by atoms with Crippen molar-refractivity contribution in [1.29, 1.82) is 0 Å². The Morgan fingerprint density at radius 2 is 1.10 bits per heavy atom. The zero-order valence-corrected chi connectivity index (χ0v) is 58.6. The Labute approximate surface area is 579 Å². The van der Waals surface area contributed by atoms with Crippen LogP contribution in [-0.2, 0) is 76.8 Å². The standard InChI is InChI=1S/C68H98N16O14S/c1-11-45-61(92)82-53(27-41-31-71-47-19-15-13-17-44(41)47)64(95)78-49(59(90)72-29-38(6)85)22-23-99-34-55(84-68(8,9)10)67(98)75-39(7)58(89)79-52(26-40-30-70-46-18-14-12-16-43(40)46)65(96)83-54(28-42-32-69-35-74-42)66(97)80-50(24-36(2)3)60(91)73-33-56(86)76-48(20-21-57(87)88)62(93)81-51(25-37(4)5)63(94)77-45/h12-19,30-32,35-39,45,48-55,70-71,84-85H,11,20-29,33-34H2,1-10H3,(H,69,74)(H,72,90)(H,73,91)(H,75,98)(H,76,86)(H,77,94)(H,78,95)(H,79,89)(H,80,97)(H,81,93)(H,82,92)(H,83,96)(H,87,88)/t38-,39+,45+,48+,49+,50+,51+,52+,53+,54+,55+/m1/s1. The van der Waals surface area contributed by atoms with E-state index in [1.807, 2.05) is 57.2 Å². The van der Waals surface area contributed by atoms with Crippen LogP contribution in [0.15, 0.2) is 73.4 Å². The van der Waals surface area contributed by atoms with Crippen molar-refractivity contribution in [2.24, 2.45) is 11.8 Å². The Morgan fingerprint density at radius 1 is 0.606 bits per heavy atom. The SMILES string of the molecule is CC[C@@H]1NC(=O)[C@H](CC(C)C)NC(=O)[C@H](CCC(=O)O)NC(=O)CNC(=O)[C@H](CC(C)C)NC(=O)[C@H](Cc2cnc[nH]2)NC(=O)[C@H](Cc2c[nH]c3ccccc23)NC(=O)[C@H](C)NC(=O)[C@@H](NC(C)(C)C)CSCC[C@@H](C(=O)NC[C@@H](C)O)NC(=O)[C@H](Cc2c[nH]c3ccccc23)NC1=O. The number of aliphatic hydroxyl groups excluding tert-OH is 1. The number of carbonyl (C=O) groups is 12. The third-order valence-electron chi connectivity index (χ3n) is 16.2. The zero-order valence-electron chi connectivity index (χ0n) is 57.8. The zero-order chi connectivity index (χ0) is 72.7. The van der Waals surface area contributed by atoms with Crippen LogP contribution in [0.5, 0.6) is 0 Å². The lowest BCUT2D eigenvalue weighted by atomic mass is 10.0. The molecule has 11 atom stereocenters. The molecule has 0 unspecified atom stereocenters. The molecule has 540 valence electrons. The van der Waals surface area contributed by atoms with Gasteiger partial charge in [0.1, 0.15) is 54.4 Å². The number of amides is 11. The van der Waals surface area contributed by atoms with E-state index in [1.165, 1.54) is 38.1 Å². The summed E-state index contributed by atoms with van der Waals surface area (Å²) in [6.07, 6.45) is 3.63. The number of benzene rings is 2. The monoisotopic (exact) mass is 1390 g/mol. The molecule has 4 heterocycles. The number of rotatable bonds is 18. The summed E-state index contributed by atoms with van der Waals surface area (Å²) in [4.78, 5) is 184. The number of carboxylic acid groups (broad SMARTS) is 1. The Morgan fingerprint density at radius 3 is 1.63 bits per heavy atom. The van der Waals surface area contributed by atoms with Crippen LogP contribution >= 0.6 is 11.8 Å². The van der Waals surface area contributed by atoms with Crippen LogP contribution in [0.2, 0.25) is 0 Å². The number of H-pyrrole nitrogens is 3. The Balaban J connectivity index is 1.38. The number of aliphatic hydroxyl groups is 1. The van der Waals surface area contributed by atoms with E-state index in [4.69, 9.17) is 0 Å². The van der Waals surface area contributed by atoms with Crippen molar-refractivity contribution >= 4 is 105 Å². The van der Waals surface area contributed by atoms with Gasteiger partial charge in [0.15, 0.2) is 0 Å². The average molecular weight is 1400 g/mol. The number of hydrogen-bond acceptors (Lipinski definition) is 16. The lowest BCUT2D eigenvalue weighted by Gasteiger charge is -2.29. The summed E-state index contributed by atoms with van der Waals surface area (Å²) in [6, 6.07) is 1.18. The first-order valence-electron chi connectivity index (χ1n) is 33.5. The number of nitrogens with one attached hydrogen (secondary N) is 15. The van der Waals surface area contributed by atoms with Crippen LogP contribution in [0.25, 0.3) is 21.8 Å². The quantitative estimate of drug-likeness (QED) is 0.0573. The van der Waals surface area contributed by atoms with Gasteiger partial charge in [-0.05, 0) is 108 Å². The second-order valence-electron chi connectivity index (χ2n) is 26.9. The minimum absolute atomic E-state index is 0.00856. The minimum Gasteiger partial charge on any atom is -0.481 e. The first kappa shape index (κ1) is 78.6. The van der Waals surface area contributed by atoms with Crippen molar-refractivity contribution < 1.29 is 67.7 Å². The van der Waals surface area contributed by atoms with Crippen molar-refractivity contribution in [3.8, 4) is 0 Å². The van der Waals surface area contributed by atoms with E-state index in [0.29, 0.717) is 16.8 Å². The first-order valence-corrected chi connectivity index (χ1v) is 34.6. The molecular weight excluding hydrogens is 1300 g/mol. The molecule has 3 aromatic heterocycles. The highest BCUT2D eigenvalue weighted by Gasteiger charge is 2.37. The maximum absolute atomic E-state index is 14.9. The first-order chi connectivity index (χ1) is 46.9. The van der Waals surface area contributed by atoms with Gasteiger partial charge in [0.25, 0.3) is 0 Å². The number of carbonyl (C=O) groups excluding carboxylic acids is 11. The number of imidazole rings is 1. The van der Waals surface area contributed by atoms with Crippen LogP contribution in [0.4, 0.5) is 0 Å². The van der Waals surface area contributed by atoms with E-state index in [-0.39, 0.29) is 74.8 Å². The van der Waals surface area contributed by atoms with Crippen LogP contribution in [0.1, 0.15) is 125 Å². The van der Waals surface area contributed by atoms with Crippen LogP contribution in [0.3, 0.4) is 0 Å². The van der Waals surface area contributed by atoms with Gasteiger partial charge in [-0.15, -0.1) is 0 Å². The number of aromatic amines is 3. The lowest BCUT2D eigenvalue weighted by Crippen LogP contribution is -2.60. The smallest absolute Gasteiger partial charge is 0.303 e. The molecular formula is C68H98N16O14S. The summed E-state index contributed by atoms with van der Waals surface area (Å²) < 4.78 is 0. The van der Waals surface area contributed by atoms with Gasteiger partial charge in [-0.1, -0.05) is 71.0 Å². The predicted molar refractivity (Wildman–Crippen MR) is 372 cm³/mol. The van der Waals surface area contributed by atoms with Crippen molar-refractivity contribution in [1.82, 2.24) is 83.7 Å². The molecule has 0 spiro atoms. The maximum atomic E-state index is 14.9. The molecule has 1 fully saturated rings. The maximum Gasteiger partial charge on any atom is 0.303 e. The average Bonchev–Trinajstić information content (AvgIpc) is 1.71. The van der Waals surface area contributed by atoms with Crippen LogP contribution in [-0.4, -0.2) is 198 Å². The molecule has 99 heavy (non-hydrogen) atoms. The van der Waals surface area contributed by atoms with Crippen molar-refractivity contribution in [2.75, 3.05) is 24.6 Å². The number of aliphatic carboxylic acids is 1. The van der Waals surface area contributed by atoms with Crippen molar-refractivity contribution in [3.63, 3.8) is 0 Å². The normalized spacial score (nSPS) is 23.8. The molecule has 5 aromatic rings. The van der Waals surface area contributed by atoms with E-state index in [0.717, 1.165) is 21.8 Å². The van der Waals surface area contributed by atoms with Gasteiger partial charge in [-0.2, -0.15) is 11.8 Å². The van der Waals surface area contributed by atoms with Crippen molar-refractivity contribution in [3.05, 3.63) is 90.3 Å². The summed E-state index contributed by atoms with van der Waals surface area (Å²) in [6.45, 7) is 16.2. The van der Waals surface area contributed by atoms with E-state index in [2.05, 4.69) is 83.7 Å². The fourth-order valence-corrected chi connectivity index (χ4v) is 12.2. The summed E-state index contributed by atoms with van der Waals surface area (Å²) in [5, 5.41) is 54.3. The molecule has 0 bridgehead atoms. The molecule has 0 saturated carbocycles. The highest BCUT2D eigenvalue weighted by molar-refractivity contribution is 7.99. The van der Waals surface area contributed by atoms with Gasteiger partial charge in [-0.25, -0.2) is 4.98 Å². The number of fused-ring (bicyclic) bond motifs is 2. The molecule has 30 nitrogen and oxygen atoms in total. The van der Waals surface area contributed by atoms with E-state index >= 15 is 0 Å². The number of aromatic nitrogens is 4. The third kappa shape index (κ3) is 25.2. The second kappa shape index (κ2) is 37.6. The van der Waals surface area contributed by atoms with Crippen molar-refractivity contribution in [2.45, 2.75) is 199 Å². The minimum atomic E-state index is -1.59. The summed E-state index contributed by atoms with van der Waals surface area (Å²) >= 11 is 1.25. The molecule has 0 radical (unpaired) electrons. The number of thioether (sulfide) groups is 1.